The van der Waals surface area contributed by atoms with Crippen LogP contribution in [-0.4, -0.2) is 51.5 Å². The van der Waals surface area contributed by atoms with Gasteiger partial charge in [0.2, 0.25) is 10.0 Å². The lowest BCUT2D eigenvalue weighted by Crippen LogP contribution is -2.52. The first-order valence-corrected chi connectivity index (χ1v) is 13.6. The van der Waals surface area contributed by atoms with Crippen LogP contribution in [0.1, 0.15) is 49.1 Å². The predicted molar refractivity (Wildman–Crippen MR) is 128 cm³/mol. The number of sulfonamides is 1. The molecule has 1 aromatic carbocycles. The Balaban J connectivity index is 1.36. The van der Waals surface area contributed by atoms with E-state index in [1.807, 2.05) is 12.3 Å². The lowest BCUT2D eigenvalue weighted by atomic mass is 9.82. The van der Waals surface area contributed by atoms with E-state index < -0.39 is 10.0 Å². The molecular formula is C25H35N3O3S. The predicted octanol–water partition coefficient (Wildman–Crippen LogP) is 3.88. The van der Waals surface area contributed by atoms with Gasteiger partial charge in [0.25, 0.3) is 0 Å². The Bertz CT molecular complexity index is 975. The number of nitrogens with zero attached hydrogens (tertiary/aromatic N) is 2. The van der Waals surface area contributed by atoms with Crippen LogP contribution in [0.25, 0.3) is 0 Å². The number of aromatic nitrogens is 1. The molecule has 7 heteroatoms. The van der Waals surface area contributed by atoms with Crippen LogP contribution in [0.5, 0.6) is 0 Å². The number of rotatable bonds is 7. The molecule has 2 aromatic rings. The smallest absolute Gasteiger partial charge is 0.208 e. The highest BCUT2D eigenvalue weighted by Crippen LogP contribution is 2.34. The fourth-order valence-corrected chi connectivity index (χ4v) is 5.94. The van der Waals surface area contributed by atoms with Crippen molar-refractivity contribution in [1.29, 1.82) is 0 Å². The summed E-state index contributed by atoms with van der Waals surface area (Å²) in [5.74, 6) is 1.66. The van der Waals surface area contributed by atoms with Gasteiger partial charge in [-0.15, -0.1) is 0 Å². The summed E-state index contributed by atoms with van der Waals surface area (Å²) in [5.41, 5.74) is 2.60. The number of piperidine rings is 1. The highest BCUT2D eigenvalue weighted by Gasteiger charge is 2.33. The molecule has 0 spiro atoms. The van der Waals surface area contributed by atoms with Crippen molar-refractivity contribution in [2.75, 3.05) is 30.9 Å². The van der Waals surface area contributed by atoms with Crippen LogP contribution in [0, 0.1) is 12.8 Å². The van der Waals surface area contributed by atoms with Crippen molar-refractivity contribution < 1.29 is 13.2 Å². The zero-order chi connectivity index (χ0) is 22.6. The van der Waals surface area contributed by atoms with E-state index in [-0.39, 0.29) is 18.1 Å². The normalized spacial score (nSPS) is 26.8. The molecule has 1 aliphatic heterocycles. The summed E-state index contributed by atoms with van der Waals surface area (Å²) in [7, 11) is -3.27. The summed E-state index contributed by atoms with van der Waals surface area (Å²) in [6.07, 6.45) is 8.47. The first kappa shape index (κ1) is 23.2. The summed E-state index contributed by atoms with van der Waals surface area (Å²) in [6.45, 7) is 4.15. The third-order valence-electron chi connectivity index (χ3n) is 6.82. The molecule has 1 N–H and O–H groups in total. The second kappa shape index (κ2) is 10.3. The maximum absolute atomic E-state index is 11.9. The molecule has 1 aliphatic carbocycles. The lowest BCUT2D eigenvalue weighted by molar-refractivity contribution is -0.00213. The van der Waals surface area contributed by atoms with Crippen LogP contribution < -0.4 is 9.62 Å². The summed E-state index contributed by atoms with van der Waals surface area (Å²) >= 11 is 0. The van der Waals surface area contributed by atoms with Crippen LogP contribution in [-0.2, 0) is 14.8 Å². The number of anilines is 1. The second-order valence-corrected chi connectivity index (χ2v) is 11.2. The Morgan fingerprint density at radius 3 is 2.53 bits per heavy atom. The van der Waals surface area contributed by atoms with Gasteiger partial charge in [-0.1, -0.05) is 30.3 Å². The van der Waals surface area contributed by atoms with Crippen LogP contribution in [0.3, 0.4) is 0 Å². The van der Waals surface area contributed by atoms with Gasteiger partial charge in [-0.2, -0.15) is 0 Å². The molecule has 4 rings (SSSR count). The highest BCUT2D eigenvalue weighted by molar-refractivity contribution is 7.88. The highest BCUT2D eigenvalue weighted by atomic mass is 32.2. The van der Waals surface area contributed by atoms with Crippen molar-refractivity contribution in [3.63, 3.8) is 0 Å². The minimum Gasteiger partial charge on any atom is -0.378 e. The van der Waals surface area contributed by atoms with Gasteiger partial charge in [-0.3, -0.25) is 0 Å². The molecule has 6 nitrogen and oxygen atoms in total. The quantitative estimate of drug-likeness (QED) is 0.683. The molecule has 2 heterocycles. The minimum absolute atomic E-state index is 0.0904. The summed E-state index contributed by atoms with van der Waals surface area (Å²) < 4.78 is 33.1. The van der Waals surface area contributed by atoms with Gasteiger partial charge < -0.3 is 9.64 Å². The molecule has 0 amide bonds. The molecule has 2 atom stereocenters. The fourth-order valence-electron chi connectivity index (χ4n) is 5.08. The average Bonchev–Trinajstić information content (AvgIpc) is 2.78. The molecule has 32 heavy (non-hydrogen) atoms. The van der Waals surface area contributed by atoms with Crippen molar-refractivity contribution in [2.45, 2.75) is 57.1 Å². The topological polar surface area (TPSA) is 71.5 Å². The molecule has 0 bridgehead atoms. The third kappa shape index (κ3) is 6.30. The molecule has 174 valence electrons. The fraction of sp³-hybridized carbons (Fsp3) is 0.560. The van der Waals surface area contributed by atoms with Gasteiger partial charge in [-0.05, 0) is 68.2 Å². The number of pyridine rings is 1. The van der Waals surface area contributed by atoms with Gasteiger partial charge in [-0.25, -0.2) is 18.1 Å². The molecule has 1 aromatic heterocycles. The van der Waals surface area contributed by atoms with E-state index in [0.717, 1.165) is 51.0 Å². The Morgan fingerprint density at radius 2 is 1.84 bits per heavy atom. The Hall–Kier alpha value is -1.96. The standard InChI is InChI=1S/C25H35N3O3S/c1-19-12-14-26-25(16-19)28-15-13-24(27-32(2,29)30)22(17-28)18-31-23-10-8-21(9-11-23)20-6-4-3-5-7-20/h3-7,12,14,16,21-24,27H,8-11,13,15,17-18H2,1-2H3/t21?,22?,23?,24-/m0/s1. The largest absolute Gasteiger partial charge is 0.378 e. The van der Waals surface area contributed by atoms with Crippen LogP contribution >= 0.6 is 0 Å². The number of hydrogen-bond donors (Lipinski definition) is 1. The van der Waals surface area contributed by atoms with Crippen LogP contribution in [0.15, 0.2) is 48.7 Å². The summed E-state index contributed by atoms with van der Waals surface area (Å²) in [4.78, 5) is 6.79. The van der Waals surface area contributed by atoms with Gasteiger partial charge in [0.05, 0.1) is 19.0 Å². The SMILES string of the molecule is Cc1ccnc(N2CC[C@H](NS(C)(=O)=O)C(COC3CCC(c4ccccc4)CC3)C2)c1. The maximum Gasteiger partial charge on any atom is 0.208 e. The van der Waals surface area contributed by atoms with Gasteiger partial charge in [0.1, 0.15) is 5.82 Å². The molecule has 1 unspecified atom stereocenters. The van der Waals surface area contributed by atoms with Gasteiger partial charge in [0, 0.05) is 31.2 Å². The molecule has 1 saturated carbocycles. The monoisotopic (exact) mass is 457 g/mol. The van der Waals surface area contributed by atoms with E-state index in [9.17, 15) is 8.42 Å². The number of nitrogens with one attached hydrogen (secondary N) is 1. The lowest BCUT2D eigenvalue weighted by Gasteiger charge is -2.40. The summed E-state index contributed by atoms with van der Waals surface area (Å²) in [6, 6.07) is 14.7. The van der Waals surface area contributed by atoms with Crippen LogP contribution in [0.4, 0.5) is 5.82 Å². The second-order valence-electron chi connectivity index (χ2n) is 9.40. The van der Waals surface area contributed by atoms with Crippen molar-refractivity contribution in [3.8, 4) is 0 Å². The number of aryl methyl sites for hydroxylation is 1. The Labute approximate surface area is 192 Å². The zero-order valence-corrected chi connectivity index (χ0v) is 19.9. The Morgan fingerprint density at radius 1 is 1.09 bits per heavy atom. The molecule has 2 aliphatic rings. The van der Waals surface area contributed by atoms with Gasteiger partial charge >= 0.3 is 0 Å². The van der Waals surface area contributed by atoms with E-state index in [1.54, 1.807) is 0 Å². The third-order valence-corrected chi connectivity index (χ3v) is 7.55. The molecule has 2 fully saturated rings. The van der Waals surface area contributed by atoms with Crippen molar-refractivity contribution in [2.24, 2.45) is 5.92 Å². The van der Waals surface area contributed by atoms with E-state index in [4.69, 9.17) is 4.74 Å². The number of benzene rings is 1. The Kier molecular flexibility index (Phi) is 7.48. The zero-order valence-electron chi connectivity index (χ0n) is 19.1. The maximum atomic E-state index is 11.9. The van der Waals surface area contributed by atoms with E-state index >= 15 is 0 Å². The van der Waals surface area contributed by atoms with Crippen molar-refractivity contribution in [3.05, 3.63) is 59.8 Å². The van der Waals surface area contributed by atoms with E-state index in [0.29, 0.717) is 12.5 Å². The number of hydrogen-bond acceptors (Lipinski definition) is 5. The first-order chi connectivity index (χ1) is 15.4. The minimum atomic E-state index is -3.27. The van der Waals surface area contributed by atoms with Crippen LogP contribution in [0.2, 0.25) is 0 Å². The molecular weight excluding hydrogens is 422 g/mol. The number of ether oxygens (including phenoxy) is 1. The first-order valence-electron chi connectivity index (χ1n) is 11.7. The molecule has 0 radical (unpaired) electrons. The van der Waals surface area contributed by atoms with E-state index in [2.05, 4.69) is 57.9 Å². The van der Waals surface area contributed by atoms with Gasteiger partial charge in [0.15, 0.2) is 0 Å². The van der Waals surface area contributed by atoms with Crippen molar-refractivity contribution >= 4 is 15.8 Å². The summed E-state index contributed by atoms with van der Waals surface area (Å²) in [5, 5.41) is 0. The molecule has 1 saturated heterocycles. The van der Waals surface area contributed by atoms with Crippen molar-refractivity contribution in [1.82, 2.24) is 9.71 Å². The average molecular weight is 458 g/mol. The van der Waals surface area contributed by atoms with E-state index in [1.165, 1.54) is 17.4 Å².